The third-order valence-corrected chi connectivity index (χ3v) is 6.19. The fourth-order valence-electron chi connectivity index (χ4n) is 4.45. The van der Waals surface area contributed by atoms with E-state index in [1.165, 1.54) is 4.57 Å². The van der Waals surface area contributed by atoms with Crippen LogP contribution in [0, 0.1) is 0 Å². The molecule has 0 bridgehead atoms. The summed E-state index contributed by atoms with van der Waals surface area (Å²) in [7, 11) is 0. The number of amides is 1. The molecule has 0 aliphatic carbocycles. The number of β-amino-alcohol motifs (C(OH)–C–C–N with tert-alkyl or cyclic N) is 1. The van der Waals surface area contributed by atoms with Crippen LogP contribution in [0.3, 0.4) is 0 Å². The summed E-state index contributed by atoms with van der Waals surface area (Å²) in [5.41, 5.74) is 0.932. The Morgan fingerprint density at radius 3 is 2.69 bits per heavy atom. The van der Waals surface area contributed by atoms with E-state index in [4.69, 9.17) is 4.74 Å². The van der Waals surface area contributed by atoms with Gasteiger partial charge in [-0.05, 0) is 25.0 Å². The Kier molecular flexibility index (Phi) is 6.73. The summed E-state index contributed by atoms with van der Waals surface area (Å²) < 4.78 is 34.7. The topological polar surface area (TPSA) is 109 Å². The first-order chi connectivity index (χ1) is 17.0. The Bertz CT molecular complexity index is 1200. The molecule has 186 valence electrons. The Morgan fingerprint density at radius 2 is 1.91 bits per heavy atom. The van der Waals surface area contributed by atoms with Crippen LogP contribution in [0.4, 0.5) is 20.5 Å². The van der Waals surface area contributed by atoms with E-state index in [1.54, 1.807) is 35.2 Å². The van der Waals surface area contributed by atoms with Crippen LogP contribution in [-0.2, 0) is 9.53 Å². The van der Waals surface area contributed by atoms with Gasteiger partial charge in [0.1, 0.15) is 11.6 Å². The highest BCUT2D eigenvalue weighted by Gasteiger charge is 2.25. The molecule has 4 heterocycles. The number of alkyl halides is 2. The number of imidazole rings is 1. The number of nitrogens with one attached hydrogen (secondary N) is 1. The van der Waals surface area contributed by atoms with Crippen LogP contribution in [0.1, 0.15) is 25.1 Å². The Hall–Kier alpha value is -3.38. The molecular weight excluding hydrogens is 460 g/mol. The first kappa shape index (κ1) is 23.4. The Labute approximate surface area is 200 Å². The van der Waals surface area contributed by atoms with Crippen LogP contribution in [0.25, 0.3) is 16.9 Å². The minimum atomic E-state index is -2.81. The van der Waals surface area contributed by atoms with Gasteiger partial charge in [0.05, 0.1) is 36.9 Å². The van der Waals surface area contributed by atoms with Crippen molar-refractivity contribution in [2.24, 2.45) is 0 Å². The third-order valence-electron chi connectivity index (χ3n) is 6.19. The number of carbonyl (C=O) groups is 1. The molecule has 0 saturated carbocycles. The number of fused-ring (bicyclic) bond motifs is 1. The van der Waals surface area contributed by atoms with Gasteiger partial charge in [0, 0.05) is 32.2 Å². The van der Waals surface area contributed by atoms with E-state index >= 15 is 0 Å². The first-order valence-electron chi connectivity index (χ1n) is 11.7. The summed E-state index contributed by atoms with van der Waals surface area (Å²) in [6.45, 7) is 3.02. The quantitative estimate of drug-likeness (QED) is 0.544. The molecule has 1 unspecified atom stereocenters. The van der Waals surface area contributed by atoms with Crippen molar-refractivity contribution in [2.45, 2.75) is 25.4 Å². The van der Waals surface area contributed by atoms with E-state index in [9.17, 15) is 18.7 Å². The first-order valence-corrected chi connectivity index (χ1v) is 11.7. The normalized spacial score (nSPS) is 18.9. The maximum absolute atomic E-state index is 14.0. The number of piperidine rings is 1. The second kappa shape index (κ2) is 10.1. The van der Waals surface area contributed by atoms with E-state index in [0.717, 1.165) is 6.42 Å². The van der Waals surface area contributed by atoms with Crippen LogP contribution in [0.5, 0.6) is 0 Å². The second-order valence-corrected chi connectivity index (χ2v) is 8.59. The molecule has 1 atom stereocenters. The number of aliphatic hydroxyl groups excluding tert-OH is 1. The lowest BCUT2D eigenvalue weighted by Crippen LogP contribution is -2.44. The molecule has 1 aromatic carbocycles. The predicted molar refractivity (Wildman–Crippen MR) is 125 cm³/mol. The van der Waals surface area contributed by atoms with Crippen molar-refractivity contribution in [1.29, 1.82) is 0 Å². The van der Waals surface area contributed by atoms with Gasteiger partial charge in [0.25, 0.3) is 6.43 Å². The SMILES string of the molecule is O=C(CNc1nc(N2CCOCC2)cc(-n2c(C(F)F)nc3ccccc32)n1)N1CCCC(O)C1. The van der Waals surface area contributed by atoms with Gasteiger partial charge in [-0.15, -0.1) is 0 Å². The molecule has 10 nitrogen and oxygen atoms in total. The van der Waals surface area contributed by atoms with Crippen LogP contribution in [0.15, 0.2) is 30.3 Å². The fourth-order valence-corrected chi connectivity index (χ4v) is 4.45. The van der Waals surface area contributed by atoms with Crippen molar-refractivity contribution in [3.8, 4) is 5.82 Å². The van der Waals surface area contributed by atoms with E-state index in [-0.39, 0.29) is 24.2 Å². The zero-order valence-electron chi connectivity index (χ0n) is 19.1. The number of morpholine rings is 1. The molecule has 0 radical (unpaired) electrons. The molecule has 1 amide bonds. The van der Waals surface area contributed by atoms with Gasteiger partial charge in [-0.25, -0.2) is 13.8 Å². The van der Waals surface area contributed by atoms with E-state index < -0.39 is 18.4 Å². The standard InChI is InChI=1S/C23H27F2N7O3/c24-21(25)22-27-16-5-1-2-6-17(16)32(22)19-12-18(30-8-10-35-11-9-30)28-23(29-19)26-13-20(34)31-7-3-4-15(33)14-31/h1-2,5-6,12,15,21,33H,3-4,7-11,13-14H2,(H,26,28,29). The van der Waals surface area contributed by atoms with E-state index in [1.807, 2.05) is 4.90 Å². The number of halogens is 2. The lowest BCUT2D eigenvalue weighted by Gasteiger charge is -2.30. The number of anilines is 2. The fraction of sp³-hybridized carbons (Fsp3) is 0.478. The maximum atomic E-state index is 14.0. The van der Waals surface area contributed by atoms with Gasteiger partial charge in [0.2, 0.25) is 11.9 Å². The molecule has 2 N–H and O–H groups in total. The number of rotatable bonds is 6. The van der Waals surface area contributed by atoms with Crippen molar-refractivity contribution in [3.05, 3.63) is 36.2 Å². The van der Waals surface area contributed by atoms with Crippen LogP contribution < -0.4 is 10.2 Å². The maximum Gasteiger partial charge on any atom is 0.296 e. The zero-order chi connectivity index (χ0) is 24.4. The lowest BCUT2D eigenvalue weighted by atomic mass is 10.1. The number of para-hydroxylation sites is 2. The molecule has 2 saturated heterocycles. The number of benzene rings is 1. The number of hydrogen-bond acceptors (Lipinski definition) is 8. The molecule has 0 spiro atoms. The number of aromatic nitrogens is 4. The molecular formula is C23H27F2N7O3. The van der Waals surface area contributed by atoms with Crippen LogP contribution in [-0.4, -0.2) is 87.5 Å². The summed E-state index contributed by atoms with van der Waals surface area (Å²) in [6.07, 6.45) is -1.92. The molecule has 5 rings (SSSR count). The average Bonchev–Trinajstić information content (AvgIpc) is 3.28. The molecule has 3 aromatic rings. The molecule has 2 aliphatic rings. The summed E-state index contributed by atoms with van der Waals surface area (Å²) in [5, 5.41) is 12.8. The second-order valence-electron chi connectivity index (χ2n) is 8.59. The average molecular weight is 488 g/mol. The van der Waals surface area contributed by atoms with Crippen molar-refractivity contribution in [3.63, 3.8) is 0 Å². The predicted octanol–water partition coefficient (Wildman–Crippen LogP) is 1.98. The van der Waals surface area contributed by atoms with Gasteiger partial charge in [-0.2, -0.15) is 9.97 Å². The number of likely N-dealkylation sites (tertiary alicyclic amines) is 1. The van der Waals surface area contributed by atoms with Gasteiger partial charge in [-0.1, -0.05) is 12.1 Å². The van der Waals surface area contributed by atoms with Crippen LogP contribution in [0.2, 0.25) is 0 Å². The minimum absolute atomic E-state index is 0.0783. The zero-order valence-corrected chi connectivity index (χ0v) is 19.1. The number of carbonyl (C=O) groups excluding carboxylic acids is 1. The summed E-state index contributed by atoms with van der Waals surface area (Å²) >= 11 is 0. The van der Waals surface area contributed by atoms with Gasteiger partial charge >= 0.3 is 0 Å². The Balaban J connectivity index is 1.50. The highest BCUT2D eigenvalue weighted by atomic mass is 19.3. The highest BCUT2D eigenvalue weighted by Crippen LogP contribution is 2.29. The van der Waals surface area contributed by atoms with E-state index in [0.29, 0.717) is 62.7 Å². The Morgan fingerprint density at radius 1 is 1.14 bits per heavy atom. The lowest BCUT2D eigenvalue weighted by molar-refractivity contribution is -0.132. The molecule has 2 aliphatic heterocycles. The number of hydrogen-bond donors (Lipinski definition) is 2. The molecule has 2 aromatic heterocycles. The van der Waals surface area contributed by atoms with E-state index in [2.05, 4.69) is 20.3 Å². The monoisotopic (exact) mass is 487 g/mol. The highest BCUT2D eigenvalue weighted by molar-refractivity contribution is 5.81. The van der Waals surface area contributed by atoms with Crippen molar-refractivity contribution in [1.82, 2.24) is 24.4 Å². The van der Waals surface area contributed by atoms with Crippen molar-refractivity contribution >= 4 is 28.7 Å². The number of aliphatic hydroxyl groups is 1. The summed E-state index contributed by atoms with van der Waals surface area (Å²) in [6, 6.07) is 8.53. The molecule has 12 heteroatoms. The number of ether oxygens (including phenoxy) is 1. The molecule has 2 fully saturated rings. The van der Waals surface area contributed by atoms with Crippen molar-refractivity contribution in [2.75, 3.05) is 56.2 Å². The van der Waals surface area contributed by atoms with Crippen molar-refractivity contribution < 1.29 is 23.4 Å². The minimum Gasteiger partial charge on any atom is -0.391 e. The number of nitrogens with zero attached hydrogens (tertiary/aromatic N) is 6. The summed E-state index contributed by atoms with van der Waals surface area (Å²) in [5.74, 6) is 0.315. The molecule has 35 heavy (non-hydrogen) atoms. The summed E-state index contributed by atoms with van der Waals surface area (Å²) in [4.78, 5) is 29.4. The van der Waals surface area contributed by atoms with Gasteiger partial charge < -0.3 is 25.0 Å². The smallest absolute Gasteiger partial charge is 0.296 e. The van der Waals surface area contributed by atoms with Gasteiger partial charge in [0.15, 0.2) is 5.82 Å². The van der Waals surface area contributed by atoms with Crippen LogP contribution >= 0.6 is 0 Å². The van der Waals surface area contributed by atoms with Gasteiger partial charge in [-0.3, -0.25) is 9.36 Å². The largest absolute Gasteiger partial charge is 0.391 e. The third kappa shape index (κ3) is 5.03.